The molecule has 4 aromatic rings. The average Bonchev–Trinajstić information content (AvgIpc) is 2.84. The number of carbonyl (C=O) groups excluding carboxylic acids is 1. The van der Waals surface area contributed by atoms with Crippen molar-refractivity contribution in [1.29, 1.82) is 0 Å². The molecule has 0 saturated carbocycles. The predicted octanol–water partition coefficient (Wildman–Crippen LogP) is 5.03. The number of amides is 1. The van der Waals surface area contributed by atoms with Gasteiger partial charge >= 0.3 is 0 Å². The Morgan fingerprint density at radius 2 is 1.70 bits per heavy atom. The van der Waals surface area contributed by atoms with Crippen LogP contribution in [-0.4, -0.2) is 11.0 Å². The zero-order valence-electron chi connectivity index (χ0n) is 18.2. The molecule has 0 radical (unpaired) electrons. The fraction of sp³-hybridized carbons (Fsp3) is 0.0714. The van der Waals surface area contributed by atoms with Crippen molar-refractivity contribution in [1.82, 2.24) is 0 Å². The van der Waals surface area contributed by atoms with Crippen LogP contribution in [0.1, 0.15) is 28.5 Å². The van der Waals surface area contributed by atoms with Gasteiger partial charge in [0.05, 0.1) is 0 Å². The van der Waals surface area contributed by atoms with Crippen molar-refractivity contribution in [3.63, 3.8) is 0 Å². The van der Waals surface area contributed by atoms with Gasteiger partial charge in [0.15, 0.2) is 12.3 Å². The number of nitrogens with one attached hydrogen (secondary N) is 1. The van der Waals surface area contributed by atoms with Gasteiger partial charge in [0.2, 0.25) is 11.6 Å². The van der Waals surface area contributed by atoms with E-state index in [0.717, 1.165) is 16.7 Å². The Balaban J connectivity index is 1.40. The summed E-state index contributed by atoms with van der Waals surface area (Å²) >= 11 is 0. The molecule has 164 valence electrons. The Kier molecular flexibility index (Phi) is 6.62. The van der Waals surface area contributed by atoms with Crippen LogP contribution in [0.4, 0.5) is 5.69 Å². The molecule has 5 nitrogen and oxygen atoms in total. The van der Waals surface area contributed by atoms with E-state index in [2.05, 4.69) is 36.5 Å². The van der Waals surface area contributed by atoms with Gasteiger partial charge in [-0.25, -0.2) is 0 Å². The Hall–Kier alpha value is -4.22. The normalized spacial score (nSPS) is 11.9. The third kappa shape index (κ3) is 5.53. The average molecular weight is 437 g/mol. The van der Waals surface area contributed by atoms with E-state index in [4.69, 9.17) is 0 Å². The van der Waals surface area contributed by atoms with Gasteiger partial charge in [-0.05, 0) is 59.5 Å². The molecule has 0 saturated heterocycles. The highest BCUT2D eigenvalue weighted by Gasteiger charge is 2.18. The molecule has 0 aliphatic carbocycles. The van der Waals surface area contributed by atoms with E-state index in [-0.39, 0.29) is 11.6 Å². The topological polar surface area (TPSA) is 76.3 Å². The lowest BCUT2D eigenvalue weighted by Gasteiger charge is -2.11. The van der Waals surface area contributed by atoms with Crippen LogP contribution in [0.3, 0.4) is 0 Å². The number of hydrogen-bond donors (Lipinski definition) is 2. The zero-order chi connectivity index (χ0) is 23.2. The summed E-state index contributed by atoms with van der Waals surface area (Å²) in [5.41, 5.74) is 5.75. The fourth-order valence-corrected chi connectivity index (χ4v) is 3.50. The molecule has 1 aromatic heterocycles. The SMILES string of the molecule is Cc1ccc(-c2cccc(/C=C/C(=O)Nc3ccc(C(O)c4cccc[n+]4[O-])cc3)c2)cc1. The van der Waals surface area contributed by atoms with Crippen LogP contribution in [0.15, 0.2) is 103 Å². The first-order valence-electron chi connectivity index (χ1n) is 10.6. The fourth-order valence-electron chi connectivity index (χ4n) is 3.50. The lowest BCUT2D eigenvalue weighted by atomic mass is 10.0. The van der Waals surface area contributed by atoms with Gasteiger partial charge in [-0.15, -0.1) is 0 Å². The molecule has 33 heavy (non-hydrogen) atoms. The van der Waals surface area contributed by atoms with Crippen LogP contribution in [0.25, 0.3) is 17.2 Å². The molecular weight excluding hydrogens is 412 g/mol. The van der Waals surface area contributed by atoms with Crippen LogP contribution < -0.4 is 10.0 Å². The molecule has 0 aliphatic heterocycles. The van der Waals surface area contributed by atoms with Crippen molar-refractivity contribution in [2.75, 3.05) is 5.32 Å². The molecule has 0 bridgehead atoms. The number of benzene rings is 3. The van der Waals surface area contributed by atoms with Gasteiger partial charge in [-0.1, -0.05) is 60.2 Å². The van der Waals surface area contributed by atoms with E-state index in [9.17, 15) is 15.1 Å². The molecule has 1 unspecified atom stereocenters. The highest BCUT2D eigenvalue weighted by molar-refractivity contribution is 6.02. The minimum atomic E-state index is -1.05. The van der Waals surface area contributed by atoms with E-state index in [1.807, 2.05) is 24.3 Å². The second-order valence-corrected chi connectivity index (χ2v) is 7.79. The molecule has 1 heterocycles. The van der Waals surface area contributed by atoms with Crippen LogP contribution in [-0.2, 0) is 4.79 Å². The van der Waals surface area contributed by atoms with Gasteiger partial charge in [-0.2, -0.15) is 4.73 Å². The van der Waals surface area contributed by atoms with Crippen molar-refractivity contribution >= 4 is 17.7 Å². The summed E-state index contributed by atoms with van der Waals surface area (Å²) in [7, 11) is 0. The predicted molar refractivity (Wildman–Crippen MR) is 130 cm³/mol. The largest absolute Gasteiger partial charge is 0.618 e. The zero-order valence-corrected chi connectivity index (χ0v) is 18.2. The minimum Gasteiger partial charge on any atom is -0.618 e. The summed E-state index contributed by atoms with van der Waals surface area (Å²) in [4.78, 5) is 12.4. The molecule has 0 aliphatic rings. The molecule has 0 spiro atoms. The quantitative estimate of drug-likeness (QED) is 0.253. The number of pyridine rings is 1. The van der Waals surface area contributed by atoms with Gasteiger partial charge < -0.3 is 15.6 Å². The number of rotatable bonds is 6. The first-order valence-corrected chi connectivity index (χ1v) is 10.6. The van der Waals surface area contributed by atoms with Crippen LogP contribution in [0.2, 0.25) is 0 Å². The van der Waals surface area contributed by atoms with Gasteiger partial charge in [0.1, 0.15) is 0 Å². The van der Waals surface area contributed by atoms with Crippen LogP contribution >= 0.6 is 0 Å². The number of anilines is 1. The third-order valence-electron chi connectivity index (χ3n) is 5.33. The summed E-state index contributed by atoms with van der Waals surface area (Å²) in [5, 5.41) is 25.1. The van der Waals surface area contributed by atoms with Crippen molar-refractivity contribution in [2.45, 2.75) is 13.0 Å². The molecule has 4 rings (SSSR count). The van der Waals surface area contributed by atoms with Crippen molar-refractivity contribution in [2.24, 2.45) is 0 Å². The summed E-state index contributed by atoms with van der Waals surface area (Å²) in [6, 6.07) is 28.0. The summed E-state index contributed by atoms with van der Waals surface area (Å²) in [5.74, 6) is -0.260. The highest BCUT2D eigenvalue weighted by Crippen LogP contribution is 2.22. The lowest BCUT2D eigenvalue weighted by molar-refractivity contribution is -0.617. The van der Waals surface area contributed by atoms with E-state index in [0.29, 0.717) is 16.0 Å². The van der Waals surface area contributed by atoms with Crippen LogP contribution in [0.5, 0.6) is 0 Å². The first-order chi connectivity index (χ1) is 16.0. The Bertz CT molecular complexity index is 1280. The van der Waals surface area contributed by atoms with E-state index in [1.165, 1.54) is 17.8 Å². The first kappa shape index (κ1) is 22.0. The number of nitrogens with zero attached hydrogens (tertiary/aromatic N) is 1. The second kappa shape index (κ2) is 9.94. The van der Waals surface area contributed by atoms with E-state index in [1.54, 1.807) is 48.5 Å². The Labute approximate surface area is 192 Å². The van der Waals surface area contributed by atoms with E-state index >= 15 is 0 Å². The van der Waals surface area contributed by atoms with Gasteiger partial charge in [-0.3, -0.25) is 4.79 Å². The molecular formula is C28H24N2O3. The van der Waals surface area contributed by atoms with Crippen molar-refractivity contribution in [3.05, 3.63) is 131 Å². The summed E-state index contributed by atoms with van der Waals surface area (Å²) in [6.07, 6.45) is 3.55. The Morgan fingerprint density at radius 3 is 2.42 bits per heavy atom. The highest BCUT2D eigenvalue weighted by atomic mass is 16.5. The van der Waals surface area contributed by atoms with Crippen molar-refractivity contribution < 1.29 is 14.6 Å². The maximum Gasteiger partial charge on any atom is 0.248 e. The monoisotopic (exact) mass is 436 g/mol. The maximum atomic E-state index is 12.4. The number of aryl methyl sites for hydroxylation is 1. The number of carbonyl (C=O) groups is 1. The van der Waals surface area contributed by atoms with Gasteiger partial charge in [0.25, 0.3) is 0 Å². The standard InChI is InChI=1S/C28H24N2O3/c1-20-8-11-22(12-9-20)24-6-4-5-21(19-24)10-17-27(31)29-25-15-13-23(14-16-25)28(32)26-7-2-3-18-30(26)33/h2-19,28,32H,1H3,(H,29,31)/b17-10+. The van der Waals surface area contributed by atoms with E-state index < -0.39 is 6.10 Å². The maximum absolute atomic E-state index is 12.4. The number of aromatic nitrogens is 1. The smallest absolute Gasteiger partial charge is 0.248 e. The second-order valence-electron chi connectivity index (χ2n) is 7.79. The minimum absolute atomic E-state index is 0.241. The summed E-state index contributed by atoms with van der Waals surface area (Å²) < 4.78 is 0.638. The molecule has 1 atom stereocenters. The Morgan fingerprint density at radius 1 is 0.939 bits per heavy atom. The number of hydrogen-bond acceptors (Lipinski definition) is 3. The molecule has 0 fully saturated rings. The molecule has 5 heteroatoms. The third-order valence-corrected chi connectivity index (χ3v) is 5.33. The van der Waals surface area contributed by atoms with Crippen LogP contribution in [0, 0.1) is 12.1 Å². The lowest BCUT2D eigenvalue weighted by Crippen LogP contribution is -2.32. The summed E-state index contributed by atoms with van der Waals surface area (Å²) in [6.45, 7) is 2.06. The molecule has 2 N–H and O–H groups in total. The number of aliphatic hydroxyl groups is 1. The molecule has 3 aromatic carbocycles. The van der Waals surface area contributed by atoms with Gasteiger partial charge in [0, 0.05) is 23.9 Å². The molecule has 1 amide bonds. The van der Waals surface area contributed by atoms with Crippen molar-refractivity contribution in [3.8, 4) is 11.1 Å². The number of aliphatic hydroxyl groups excluding tert-OH is 1.